The predicted octanol–water partition coefficient (Wildman–Crippen LogP) is 5.70. The Balaban J connectivity index is 1.14. The maximum Gasteiger partial charge on any atom is 0.193 e. The van der Waals surface area contributed by atoms with Crippen molar-refractivity contribution in [1.29, 1.82) is 0 Å². The second-order valence-electron chi connectivity index (χ2n) is 14.8. The minimum Gasteiger partial charge on any atom is -0.393 e. The molecule has 2 aromatic rings. The highest BCUT2D eigenvalue weighted by atomic mass is 16.7. The number of aliphatic hydroxyl groups is 2. The quantitative estimate of drug-likeness (QED) is 0.369. The molecule has 0 amide bonds. The Morgan fingerprint density at radius 1 is 1.11 bits per heavy atom. The number of hydrogen-bond donors (Lipinski definition) is 3. The van der Waals surface area contributed by atoms with E-state index in [9.17, 15) is 19.8 Å². The van der Waals surface area contributed by atoms with Crippen molar-refractivity contribution in [2.24, 2.45) is 28.6 Å². The highest BCUT2D eigenvalue weighted by Gasteiger charge is 2.75. The molecule has 1 aliphatic heterocycles. The van der Waals surface area contributed by atoms with E-state index in [4.69, 9.17) is 9.47 Å². The lowest BCUT2D eigenvalue weighted by Crippen LogP contribution is -2.63. The number of carbonyl (C=O) groups excluding carboxylic acids is 2. The number of allylic oxidation sites excluding steroid dienone is 4. The number of nitrogens with one attached hydrogen (secondary N) is 1. The van der Waals surface area contributed by atoms with Crippen molar-refractivity contribution in [2.45, 2.75) is 89.9 Å². The summed E-state index contributed by atoms with van der Waals surface area (Å²) in [5.41, 5.74) is 2.94. The fourth-order valence-electron chi connectivity index (χ4n) is 9.97. The van der Waals surface area contributed by atoms with Gasteiger partial charge in [0.1, 0.15) is 6.61 Å². The van der Waals surface area contributed by atoms with Crippen LogP contribution in [0.15, 0.2) is 72.3 Å². The number of carbonyl (C=O) groups is 2. The van der Waals surface area contributed by atoms with E-state index in [1.165, 1.54) is 5.56 Å². The van der Waals surface area contributed by atoms with Gasteiger partial charge in [0.05, 0.1) is 12.2 Å². The number of aliphatic hydroxyl groups excluding tert-OH is 2. The average Bonchev–Trinajstić information content (AvgIpc) is 3.50. The molecule has 0 aromatic heterocycles. The maximum atomic E-state index is 13.8. The SMILES string of the molecule is CC(C)Nc1cccc(Cc2ccc(C3O[C@@H]4C[C@H]5[C@@H]6CCC7=CC(=O)C=C[C@]7(C)[C@H]6[C@@H](O)C[C@]5(C)[C@]4(C(=O)CO)O3)cc2)c1. The third-order valence-corrected chi connectivity index (χ3v) is 11.8. The van der Waals surface area contributed by atoms with Crippen LogP contribution in [0.5, 0.6) is 0 Å². The van der Waals surface area contributed by atoms with Gasteiger partial charge in [-0.1, -0.05) is 61.9 Å². The Hall–Kier alpha value is -3.10. The highest BCUT2D eigenvalue weighted by Crippen LogP contribution is 2.70. The number of hydrogen-bond acceptors (Lipinski definition) is 7. The van der Waals surface area contributed by atoms with Crippen LogP contribution in [0.3, 0.4) is 0 Å². The summed E-state index contributed by atoms with van der Waals surface area (Å²) in [4.78, 5) is 26.0. The molecule has 0 spiro atoms. The van der Waals surface area contributed by atoms with Crippen LogP contribution in [0, 0.1) is 28.6 Å². The van der Waals surface area contributed by atoms with Crippen molar-refractivity contribution in [3.05, 3.63) is 89.0 Å². The summed E-state index contributed by atoms with van der Waals surface area (Å²) in [7, 11) is 0. The number of benzene rings is 2. The van der Waals surface area contributed by atoms with Gasteiger partial charge < -0.3 is 25.0 Å². The molecule has 3 N–H and O–H groups in total. The van der Waals surface area contributed by atoms with Gasteiger partial charge in [0, 0.05) is 34.0 Å². The van der Waals surface area contributed by atoms with Crippen LogP contribution < -0.4 is 5.32 Å². The van der Waals surface area contributed by atoms with Crippen LogP contribution >= 0.6 is 0 Å². The first kappa shape index (κ1) is 30.5. The van der Waals surface area contributed by atoms with E-state index in [1.54, 1.807) is 12.2 Å². The van der Waals surface area contributed by atoms with Gasteiger partial charge in [0.2, 0.25) is 0 Å². The van der Waals surface area contributed by atoms with Crippen LogP contribution in [0.2, 0.25) is 0 Å². The molecule has 0 bridgehead atoms. The van der Waals surface area contributed by atoms with Crippen LogP contribution in [-0.4, -0.2) is 52.2 Å². The van der Waals surface area contributed by atoms with E-state index in [2.05, 4.69) is 69.4 Å². The summed E-state index contributed by atoms with van der Waals surface area (Å²) >= 11 is 0. The molecule has 3 saturated carbocycles. The third kappa shape index (κ3) is 4.69. The summed E-state index contributed by atoms with van der Waals surface area (Å²) in [6, 6.07) is 17.0. The van der Waals surface area contributed by atoms with Crippen molar-refractivity contribution in [3.63, 3.8) is 0 Å². The second-order valence-corrected chi connectivity index (χ2v) is 14.8. The molecule has 45 heavy (non-hydrogen) atoms. The van der Waals surface area contributed by atoms with Crippen LogP contribution in [0.4, 0.5) is 5.69 Å². The normalized spacial score (nSPS) is 38.3. The molecule has 7 heteroatoms. The second kappa shape index (κ2) is 11.0. The molecule has 238 valence electrons. The van der Waals surface area contributed by atoms with Crippen molar-refractivity contribution in [2.75, 3.05) is 11.9 Å². The minimum absolute atomic E-state index is 0.00738. The molecular weight excluding hydrogens is 566 g/mol. The van der Waals surface area contributed by atoms with Crippen molar-refractivity contribution in [1.82, 2.24) is 0 Å². The minimum atomic E-state index is -1.35. The van der Waals surface area contributed by atoms with Gasteiger partial charge in [-0.3, -0.25) is 9.59 Å². The molecule has 4 aliphatic carbocycles. The fourth-order valence-corrected chi connectivity index (χ4v) is 9.97. The molecule has 1 unspecified atom stereocenters. The largest absolute Gasteiger partial charge is 0.393 e. The standard InChI is InChI=1S/C38H45NO6/c1-22(2)39-27-7-5-6-24(17-27)16-23-8-10-25(11-9-23)35-44-33-19-30-29-13-12-26-18-28(41)14-15-36(26,3)34(29)31(42)20-37(30,4)38(33,45-35)32(43)21-40/h5-11,14-15,17-18,22,29-31,33-35,39-40,42H,12-13,16,19-21H2,1-4H3/t29-,30-,31-,33+,34+,35?,36-,37-,38+/m0/s1. The summed E-state index contributed by atoms with van der Waals surface area (Å²) in [5.74, 6) is -0.229. The van der Waals surface area contributed by atoms with Gasteiger partial charge >= 0.3 is 0 Å². The van der Waals surface area contributed by atoms with Crippen molar-refractivity contribution in [3.8, 4) is 0 Å². The number of rotatable bonds is 7. The maximum absolute atomic E-state index is 13.8. The van der Waals surface area contributed by atoms with E-state index in [0.717, 1.165) is 41.6 Å². The number of Topliss-reactive ketones (excluding diaryl/α,β-unsaturated/α-hetero) is 1. The van der Waals surface area contributed by atoms with Crippen LogP contribution in [0.25, 0.3) is 0 Å². The van der Waals surface area contributed by atoms with Crippen molar-refractivity contribution >= 4 is 17.3 Å². The molecule has 0 radical (unpaired) electrons. The van der Waals surface area contributed by atoms with E-state index >= 15 is 0 Å². The zero-order chi connectivity index (χ0) is 31.7. The highest BCUT2D eigenvalue weighted by molar-refractivity contribution is 6.01. The van der Waals surface area contributed by atoms with Gasteiger partial charge in [-0.15, -0.1) is 0 Å². The van der Waals surface area contributed by atoms with E-state index < -0.39 is 41.5 Å². The van der Waals surface area contributed by atoms with Crippen molar-refractivity contribution < 1.29 is 29.3 Å². The first-order chi connectivity index (χ1) is 21.5. The van der Waals surface area contributed by atoms with E-state index in [1.807, 2.05) is 18.2 Å². The molecule has 4 fully saturated rings. The molecule has 5 aliphatic rings. The molecule has 2 aromatic carbocycles. The van der Waals surface area contributed by atoms with E-state index in [-0.39, 0.29) is 29.3 Å². The Bertz CT molecular complexity index is 1560. The van der Waals surface area contributed by atoms with Crippen LogP contribution in [-0.2, 0) is 25.5 Å². The number of fused-ring (bicyclic) bond motifs is 7. The lowest BCUT2D eigenvalue weighted by atomic mass is 9.46. The predicted molar refractivity (Wildman–Crippen MR) is 171 cm³/mol. The smallest absolute Gasteiger partial charge is 0.193 e. The van der Waals surface area contributed by atoms with Gasteiger partial charge in [0.15, 0.2) is 23.5 Å². The topological polar surface area (TPSA) is 105 Å². The van der Waals surface area contributed by atoms with Gasteiger partial charge in [-0.25, -0.2) is 0 Å². The third-order valence-electron chi connectivity index (χ3n) is 11.8. The summed E-state index contributed by atoms with van der Waals surface area (Å²) < 4.78 is 13.4. The van der Waals surface area contributed by atoms with Gasteiger partial charge in [-0.2, -0.15) is 0 Å². The van der Waals surface area contributed by atoms with Crippen LogP contribution in [0.1, 0.15) is 76.4 Å². The average molecular weight is 612 g/mol. The molecule has 1 heterocycles. The van der Waals surface area contributed by atoms with Gasteiger partial charge in [0.25, 0.3) is 0 Å². The first-order valence-corrected chi connectivity index (χ1v) is 16.5. The molecule has 9 atom stereocenters. The first-order valence-electron chi connectivity index (χ1n) is 16.5. The number of anilines is 1. The molecule has 7 rings (SSSR count). The lowest BCUT2D eigenvalue weighted by Gasteiger charge is -2.59. The van der Waals surface area contributed by atoms with Gasteiger partial charge in [-0.05, 0) is 93.2 Å². The molecule has 7 nitrogen and oxygen atoms in total. The molecule has 1 saturated heterocycles. The Kier molecular flexibility index (Phi) is 7.47. The lowest BCUT2D eigenvalue weighted by molar-refractivity contribution is -0.201. The molecular formula is C38H45NO6. The Labute approximate surface area is 265 Å². The Morgan fingerprint density at radius 2 is 1.89 bits per heavy atom. The number of ketones is 2. The fraction of sp³-hybridized carbons (Fsp3) is 0.526. The van der Waals surface area contributed by atoms with E-state index in [0.29, 0.717) is 18.9 Å². The summed E-state index contributed by atoms with van der Waals surface area (Å²) in [6.45, 7) is 7.81. The Morgan fingerprint density at radius 3 is 2.62 bits per heavy atom. The zero-order valence-corrected chi connectivity index (χ0v) is 26.7. The summed E-state index contributed by atoms with van der Waals surface area (Å²) in [6.07, 6.45) is 6.82. The monoisotopic (exact) mass is 611 g/mol. The zero-order valence-electron chi connectivity index (χ0n) is 26.7. The summed E-state index contributed by atoms with van der Waals surface area (Å²) in [5, 5.41) is 25.6. The number of ether oxygens (including phenoxy) is 2.